The average molecular weight is 409 g/mol. The molecule has 0 spiro atoms. The largest absolute Gasteiger partial charge is 0.394 e. The van der Waals surface area contributed by atoms with E-state index >= 15 is 0 Å². The number of fused-ring (bicyclic) bond motifs is 1. The normalized spacial score (nSPS) is 13.5. The quantitative estimate of drug-likeness (QED) is 0.587. The molecule has 4 rings (SSSR count). The van der Waals surface area contributed by atoms with Crippen molar-refractivity contribution in [3.63, 3.8) is 0 Å². The van der Waals surface area contributed by atoms with Crippen molar-refractivity contribution in [3.8, 4) is 17.5 Å². The second-order valence-corrected chi connectivity index (χ2v) is 7.26. The molecule has 154 valence electrons. The fraction of sp³-hybridized carbons (Fsp3) is 0.200. The Kier molecular flexibility index (Phi) is 6.34. The van der Waals surface area contributed by atoms with Gasteiger partial charge in [-0.1, -0.05) is 30.4 Å². The maximum Gasteiger partial charge on any atom is 0.163 e. The van der Waals surface area contributed by atoms with Gasteiger partial charge >= 0.3 is 0 Å². The Labute approximate surface area is 182 Å². The summed E-state index contributed by atoms with van der Waals surface area (Å²) in [6.45, 7) is 0.732. The standard InChI is InChI=1S/C25H24N6/c1-27-16-20(19-7-3-2-4-8-19)11-12-29-25-22-9-5-6-10-23(22)30-24(31-25)21-13-18(14-26)15-28-17-21/h3,5-10,13,15-17,27H,2,4,11-12H2,1H3,(H,29,30,31)/b20-16-. The summed E-state index contributed by atoms with van der Waals surface area (Å²) >= 11 is 0. The lowest BCUT2D eigenvalue weighted by Crippen LogP contribution is -2.09. The van der Waals surface area contributed by atoms with Crippen LogP contribution >= 0.6 is 0 Å². The molecule has 0 fully saturated rings. The molecule has 3 aromatic rings. The molecule has 0 aliphatic heterocycles. The highest BCUT2D eigenvalue weighted by Crippen LogP contribution is 2.26. The number of hydrogen-bond acceptors (Lipinski definition) is 6. The number of nitriles is 1. The van der Waals surface area contributed by atoms with Gasteiger partial charge in [-0.25, -0.2) is 9.97 Å². The number of pyridine rings is 1. The van der Waals surface area contributed by atoms with E-state index in [1.807, 2.05) is 31.3 Å². The van der Waals surface area contributed by atoms with E-state index in [9.17, 15) is 5.26 Å². The van der Waals surface area contributed by atoms with Gasteiger partial charge < -0.3 is 10.6 Å². The fourth-order valence-electron chi connectivity index (χ4n) is 3.60. The summed E-state index contributed by atoms with van der Waals surface area (Å²) in [5.41, 5.74) is 4.59. The van der Waals surface area contributed by atoms with Crippen LogP contribution in [0, 0.1) is 11.3 Å². The van der Waals surface area contributed by atoms with E-state index in [2.05, 4.69) is 51.1 Å². The van der Waals surface area contributed by atoms with Crippen molar-refractivity contribution in [1.29, 1.82) is 5.26 Å². The zero-order valence-electron chi connectivity index (χ0n) is 17.5. The van der Waals surface area contributed by atoms with Crippen LogP contribution in [0.15, 0.2) is 78.3 Å². The highest BCUT2D eigenvalue weighted by atomic mass is 15.0. The van der Waals surface area contributed by atoms with Gasteiger partial charge in [-0.15, -0.1) is 0 Å². The van der Waals surface area contributed by atoms with Gasteiger partial charge in [0.05, 0.1) is 11.1 Å². The minimum Gasteiger partial charge on any atom is -0.394 e. The second kappa shape index (κ2) is 9.68. The van der Waals surface area contributed by atoms with Crippen LogP contribution in [0.2, 0.25) is 0 Å². The van der Waals surface area contributed by atoms with Gasteiger partial charge in [-0.3, -0.25) is 4.98 Å². The number of nitrogens with zero attached hydrogens (tertiary/aromatic N) is 4. The second-order valence-electron chi connectivity index (χ2n) is 7.26. The van der Waals surface area contributed by atoms with Crippen LogP contribution in [0.4, 0.5) is 5.82 Å². The lowest BCUT2D eigenvalue weighted by Gasteiger charge is -2.14. The number of para-hydroxylation sites is 1. The van der Waals surface area contributed by atoms with Gasteiger partial charge in [0.1, 0.15) is 11.9 Å². The highest BCUT2D eigenvalue weighted by molar-refractivity contribution is 5.90. The summed E-state index contributed by atoms with van der Waals surface area (Å²) in [6, 6.07) is 11.8. The smallest absolute Gasteiger partial charge is 0.163 e. The van der Waals surface area contributed by atoms with E-state index in [1.54, 1.807) is 12.3 Å². The average Bonchev–Trinajstić information content (AvgIpc) is 2.84. The molecule has 2 heterocycles. The number of benzene rings is 1. The van der Waals surface area contributed by atoms with Crippen molar-refractivity contribution in [1.82, 2.24) is 20.3 Å². The number of hydrogen-bond donors (Lipinski definition) is 2. The molecule has 0 saturated carbocycles. The number of nitrogens with one attached hydrogen (secondary N) is 2. The molecule has 0 amide bonds. The molecule has 0 saturated heterocycles. The van der Waals surface area contributed by atoms with Gasteiger partial charge in [0, 0.05) is 43.1 Å². The Morgan fingerprint density at radius 3 is 2.90 bits per heavy atom. The molecule has 6 heteroatoms. The Balaban J connectivity index is 1.61. The fourth-order valence-corrected chi connectivity index (χ4v) is 3.60. The van der Waals surface area contributed by atoms with Crippen molar-refractivity contribution < 1.29 is 0 Å². The summed E-state index contributed by atoms with van der Waals surface area (Å²) in [4.78, 5) is 13.6. The molecule has 1 aromatic carbocycles. The summed E-state index contributed by atoms with van der Waals surface area (Å²) in [5, 5.41) is 16.8. The van der Waals surface area contributed by atoms with Crippen LogP contribution in [0.3, 0.4) is 0 Å². The van der Waals surface area contributed by atoms with Crippen LogP contribution in [-0.4, -0.2) is 28.5 Å². The van der Waals surface area contributed by atoms with Gasteiger partial charge in [0.15, 0.2) is 5.82 Å². The van der Waals surface area contributed by atoms with E-state index < -0.39 is 0 Å². The zero-order chi connectivity index (χ0) is 21.5. The first-order valence-corrected chi connectivity index (χ1v) is 10.4. The van der Waals surface area contributed by atoms with Crippen molar-refractivity contribution in [2.45, 2.75) is 19.3 Å². The number of anilines is 1. The van der Waals surface area contributed by atoms with Crippen LogP contribution in [0.1, 0.15) is 24.8 Å². The van der Waals surface area contributed by atoms with Gasteiger partial charge in [-0.2, -0.15) is 5.26 Å². The molecule has 31 heavy (non-hydrogen) atoms. The molecule has 0 radical (unpaired) electrons. The Hall–Kier alpha value is -3.98. The number of rotatable bonds is 7. The third kappa shape index (κ3) is 4.78. The molecule has 2 aromatic heterocycles. The van der Waals surface area contributed by atoms with Crippen LogP contribution in [0.25, 0.3) is 22.3 Å². The predicted molar refractivity (Wildman–Crippen MR) is 124 cm³/mol. The molecule has 1 aliphatic rings. The van der Waals surface area contributed by atoms with Crippen molar-refractivity contribution in [2.75, 3.05) is 18.9 Å². The maximum atomic E-state index is 9.19. The molecule has 0 atom stereocenters. The predicted octanol–water partition coefficient (Wildman–Crippen LogP) is 4.75. The summed E-state index contributed by atoms with van der Waals surface area (Å²) in [5.74, 6) is 1.33. The van der Waals surface area contributed by atoms with Crippen molar-refractivity contribution >= 4 is 16.7 Å². The van der Waals surface area contributed by atoms with Gasteiger partial charge in [0.25, 0.3) is 0 Å². The summed E-state index contributed by atoms with van der Waals surface area (Å²) in [6.07, 6.45) is 15.0. The molecule has 2 N–H and O–H groups in total. The number of aromatic nitrogens is 3. The first kappa shape index (κ1) is 20.3. The molecule has 6 nitrogen and oxygen atoms in total. The van der Waals surface area contributed by atoms with E-state index in [1.165, 1.54) is 17.3 Å². The van der Waals surface area contributed by atoms with E-state index in [-0.39, 0.29) is 0 Å². The third-order valence-corrected chi connectivity index (χ3v) is 5.10. The Morgan fingerprint density at radius 1 is 1.19 bits per heavy atom. The van der Waals surface area contributed by atoms with Crippen LogP contribution < -0.4 is 10.6 Å². The van der Waals surface area contributed by atoms with Crippen LogP contribution in [-0.2, 0) is 0 Å². The highest BCUT2D eigenvalue weighted by Gasteiger charge is 2.11. The van der Waals surface area contributed by atoms with E-state index in [0.717, 1.165) is 48.1 Å². The van der Waals surface area contributed by atoms with Gasteiger partial charge in [0.2, 0.25) is 0 Å². The molecular formula is C25H24N6. The third-order valence-electron chi connectivity index (χ3n) is 5.10. The molecule has 1 aliphatic carbocycles. The summed E-state index contributed by atoms with van der Waals surface area (Å²) < 4.78 is 0. The minimum absolute atomic E-state index is 0.486. The summed E-state index contributed by atoms with van der Waals surface area (Å²) in [7, 11) is 1.92. The Morgan fingerprint density at radius 2 is 2.10 bits per heavy atom. The SMILES string of the molecule is CN/C=C(/CCNc1nc(-c2cncc(C#N)c2)nc2ccccc12)C1=CCCC=C1. The lowest BCUT2D eigenvalue weighted by atomic mass is 9.98. The van der Waals surface area contributed by atoms with Crippen molar-refractivity contribution in [3.05, 3.63) is 83.9 Å². The molecule has 0 bridgehead atoms. The topological polar surface area (TPSA) is 86.5 Å². The van der Waals surface area contributed by atoms with E-state index in [0.29, 0.717) is 11.4 Å². The maximum absolute atomic E-state index is 9.19. The van der Waals surface area contributed by atoms with E-state index in [4.69, 9.17) is 4.98 Å². The Bertz CT molecular complexity index is 1220. The zero-order valence-corrected chi connectivity index (χ0v) is 17.5. The minimum atomic E-state index is 0.486. The van der Waals surface area contributed by atoms with Gasteiger partial charge in [-0.05, 0) is 48.6 Å². The van der Waals surface area contributed by atoms with Crippen LogP contribution in [0.5, 0.6) is 0 Å². The monoisotopic (exact) mass is 408 g/mol. The molecular weight excluding hydrogens is 384 g/mol. The molecule has 0 unspecified atom stereocenters. The first-order valence-electron chi connectivity index (χ1n) is 10.4. The first-order chi connectivity index (χ1) is 15.3. The number of allylic oxidation sites excluding steroid dienone is 4. The van der Waals surface area contributed by atoms with Crippen molar-refractivity contribution in [2.24, 2.45) is 0 Å². The lowest BCUT2D eigenvalue weighted by molar-refractivity contribution is 0.946.